The number of hydrogen-bond donors (Lipinski definition) is 1. The predicted octanol–water partition coefficient (Wildman–Crippen LogP) is -0.590. The largest absolute Gasteiger partial charge is 0.392 e. The van der Waals surface area contributed by atoms with E-state index in [0.717, 1.165) is 10.6 Å². The second-order valence-corrected chi connectivity index (χ2v) is 10.1. The van der Waals surface area contributed by atoms with Gasteiger partial charge in [0, 0.05) is 24.3 Å². The molecule has 2 atom stereocenters. The summed E-state index contributed by atoms with van der Waals surface area (Å²) in [7, 11) is -7.29. The normalized spacial score (nSPS) is 24.7. The Bertz CT molecular complexity index is 527. The Kier molecular flexibility index (Phi) is 5.04. The Morgan fingerprint density at radius 2 is 2.00 bits per heavy atom. The summed E-state index contributed by atoms with van der Waals surface area (Å²) in [6.07, 6.45) is 1.04. The van der Waals surface area contributed by atoms with Crippen LogP contribution < -0.4 is 5.73 Å². The first-order valence-corrected chi connectivity index (χ1v) is 10.2. The van der Waals surface area contributed by atoms with Crippen molar-refractivity contribution < 1.29 is 16.8 Å². The Labute approximate surface area is 117 Å². The Hall–Kier alpha value is 0.1000. The topological polar surface area (TPSA) is 97.5 Å². The lowest BCUT2D eigenvalue weighted by atomic mass is 10.5. The highest BCUT2D eigenvalue weighted by Gasteiger charge is 2.41. The molecule has 10 heteroatoms. The van der Waals surface area contributed by atoms with Crippen LogP contribution >= 0.6 is 24.0 Å². The van der Waals surface area contributed by atoms with Crippen molar-refractivity contribution >= 4 is 48.8 Å². The molecule has 0 aliphatic carbocycles. The smallest absolute Gasteiger partial charge is 0.224 e. The van der Waals surface area contributed by atoms with E-state index in [4.69, 9.17) is 5.73 Å². The van der Waals surface area contributed by atoms with Gasteiger partial charge in [0.2, 0.25) is 10.0 Å². The van der Waals surface area contributed by atoms with Crippen molar-refractivity contribution in [3.05, 3.63) is 0 Å². The lowest BCUT2D eigenvalue weighted by molar-refractivity contribution is 0.403. The third-order valence-electron chi connectivity index (χ3n) is 2.71. The van der Waals surface area contributed by atoms with E-state index in [0.29, 0.717) is 5.75 Å². The summed E-state index contributed by atoms with van der Waals surface area (Å²) >= 11 is 6.11. The van der Waals surface area contributed by atoms with E-state index in [-0.39, 0.29) is 17.3 Å². The number of rotatable bonds is 4. The van der Waals surface area contributed by atoms with Crippen molar-refractivity contribution in [3.63, 3.8) is 0 Å². The molecular formula is C8H16N2O4S4. The average molecular weight is 332 g/mol. The van der Waals surface area contributed by atoms with Gasteiger partial charge in [0.15, 0.2) is 9.84 Å². The summed E-state index contributed by atoms with van der Waals surface area (Å²) < 4.78 is 48.9. The highest BCUT2D eigenvalue weighted by Crippen LogP contribution is 2.25. The van der Waals surface area contributed by atoms with Crippen molar-refractivity contribution in [1.82, 2.24) is 4.31 Å². The van der Waals surface area contributed by atoms with Gasteiger partial charge in [-0.1, -0.05) is 12.2 Å². The molecule has 0 aromatic heterocycles. The van der Waals surface area contributed by atoms with Gasteiger partial charge in [-0.25, -0.2) is 16.8 Å². The second-order valence-electron chi connectivity index (χ2n) is 4.06. The standard InChI is InChI=1S/C8H16N2O4S4/c1-6(8(9)15)18(13,14)10-3-4-16-5-7(10)17(2,11)12/h6-7H,3-5H2,1-2H3,(H2,9,15). The fraction of sp³-hybridized carbons (Fsp3) is 0.875. The molecule has 1 heterocycles. The van der Waals surface area contributed by atoms with Crippen molar-refractivity contribution in [3.8, 4) is 0 Å². The molecule has 0 aromatic carbocycles. The maximum absolute atomic E-state index is 12.3. The van der Waals surface area contributed by atoms with Gasteiger partial charge in [-0.2, -0.15) is 16.1 Å². The van der Waals surface area contributed by atoms with Gasteiger partial charge in [0.05, 0.1) is 4.99 Å². The second kappa shape index (κ2) is 5.61. The molecule has 0 radical (unpaired) electrons. The molecule has 1 saturated heterocycles. The van der Waals surface area contributed by atoms with E-state index < -0.39 is 30.5 Å². The van der Waals surface area contributed by atoms with E-state index >= 15 is 0 Å². The van der Waals surface area contributed by atoms with Gasteiger partial charge in [0.1, 0.15) is 10.6 Å². The van der Waals surface area contributed by atoms with Crippen LogP contribution in [0.4, 0.5) is 0 Å². The number of thioether (sulfide) groups is 1. The zero-order valence-electron chi connectivity index (χ0n) is 10.1. The van der Waals surface area contributed by atoms with Crippen LogP contribution in [0.25, 0.3) is 0 Å². The third-order valence-corrected chi connectivity index (χ3v) is 8.22. The molecule has 0 aromatic rings. The van der Waals surface area contributed by atoms with Crippen LogP contribution in [0.3, 0.4) is 0 Å². The molecule has 106 valence electrons. The zero-order chi connectivity index (χ0) is 14.1. The number of sulfonamides is 1. The molecule has 1 aliphatic heterocycles. The summed E-state index contributed by atoms with van der Waals surface area (Å²) in [6.45, 7) is 1.54. The lowest BCUT2D eigenvalue weighted by Crippen LogP contribution is -2.54. The van der Waals surface area contributed by atoms with E-state index in [9.17, 15) is 16.8 Å². The monoisotopic (exact) mass is 332 g/mol. The Morgan fingerprint density at radius 3 is 2.44 bits per heavy atom. The lowest BCUT2D eigenvalue weighted by Gasteiger charge is -2.34. The predicted molar refractivity (Wildman–Crippen MR) is 77.8 cm³/mol. The first-order valence-electron chi connectivity index (χ1n) is 5.15. The number of sulfone groups is 1. The number of thiocarbonyl (C=S) groups is 1. The van der Waals surface area contributed by atoms with Crippen molar-refractivity contribution in [2.24, 2.45) is 5.73 Å². The highest BCUT2D eigenvalue weighted by molar-refractivity contribution is 8.01. The van der Waals surface area contributed by atoms with E-state index in [1.54, 1.807) is 0 Å². The zero-order valence-corrected chi connectivity index (χ0v) is 13.3. The van der Waals surface area contributed by atoms with E-state index in [1.165, 1.54) is 18.7 Å². The van der Waals surface area contributed by atoms with Crippen molar-refractivity contribution in [2.45, 2.75) is 17.5 Å². The van der Waals surface area contributed by atoms with Crippen LogP contribution in [0.5, 0.6) is 0 Å². The number of hydrogen-bond acceptors (Lipinski definition) is 6. The molecule has 0 saturated carbocycles. The fourth-order valence-electron chi connectivity index (χ4n) is 1.54. The summed E-state index contributed by atoms with van der Waals surface area (Å²) in [5, 5.41) is -2.09. The first kappa shape index (κ1) is 16.2. The van der Waals surface area contributed by atoms with Gasteiger partial charge in [0.25, 0.3) is 0 Å². The van der Waals surface area contributed by atoms with Crippen molar-refractivity contribution in [1.29, 1.82) is 0 Å². The maximum atomic E-state index is 12.3. The summed E-state index contributed by atoms with van der Waals surface area (Å²) in [4.78, 5) is -0.152. The van der Waals surface area contributed by atoms with Gasteiger partial charge in [-0.3, -0.25) is 0 Å². The molecule has 1 rings (SSSR count). The number of nitrogens with two attached hydrogens (primary N) is 1. The van der Waals surface area contributed by atoms with Crippen LogP contribution in [0.1, 0.15) is 6.92 Å². The van der Waals surface area contributed by atoms with Crippen LogP contribution in [-0.2, 0) is 19.9 Å². The van der Waals surface area contributed by atoms with E-state index in [2.05, 4.69) is 12.2 Å². The minimum atomic E-state index is -3.82. The quantitative estimate of drug-likeness (QED) is 0.687. The molecule has 18 heavy (non-hydrogen) atoms. The van der Waals surface area contributed by atoms with Crippen LogP contribution in [0.2, 0.25) is 0 Å². The Morgan fingerprint density at radius 1 is 1.44 bits per heavy atom. The highest BCUT2D eigenvalue weighted by atomic mass is 32.2. The fourth-order valence-corrected chi connectivity index (χ4v) is 7.08. The average Bonchev–Trinajstić information content (AvgIpc) is 2.26. The molecular weight excluding hydrogens is 316 g/mol. The van der Waals surface area contributed by atoms with Crippen LogP contribution in [0.15, 0.2) is 0 Å². The Balaban J connectivity index is 3.16. The van der Waals surface area contributed by atoms with Crippen LogP contribution in [-0.4, -0.2) is 61.1 Å². The molecule has 2 unspecified atom stereocenters. The molecule has 1 fully saturated rings. The summed E-state index contributed by atoms with van der Waals surface area (Å²) in [5.74, 6) is 0.803. The molecule has 0 bridgehead atoms. The third kappa shape index (κ3) is 3.35. The summed E-state index contributed by atoms with van der Waals surface area (Å²) in [6, 6.07) is 0. The van der Waals surface area contributed by atoms with Gasteiger partial charge in [-0.05, 0) is 6.92 Å². The molecule has 2 N–H and O–H groups in total. The van der Waals surface area contributed by atoms with Crippen LogP contribution in [0, 0.1) is 0 Å². The summed E-state index contributed by atoms with van der Waals surface area (Å²) in [5.41, 5.74) is 5.35. The minimum absolute atomic E-state index is 0.152. The van der Waals surface area contributed by atoms with Gasteiger partial charge in [-0.15, -0.1) is 0 Å². The number of nitrogens with zero attached hydrogens (tertiary/aromatic N) is 1. The molecule has 6 nitrogen and oxygen atoms in total. The van der Waals surface area contributed by atoms with E-state index in [1.807, 2.05) is 0 Å². The van der Waals surface area contributed by atoms with Crippen molar-refractivity contribution in [2.75, 3.05) is 24.3 Å². The molecule has 0 spiro atoms. The first-order chi connectivity index (χ1) is 8.08. The van der Waals surface area contributed by atoms with Gasteiger partial charge < -0.3 is 5.73 Å². The maximum Gasteiger partial charge on any atom is 0.224 e. The molecule has 1 aliphatic rings. The SMILES string of the molecule is CC(C(N)=S)S(=O)(=O)N1CCSCC1S(C)(=O)=O. The minimum Gasteiger partial charge on any atom is -0.392 e. The molecule has 0 amide bonds. The van der Waals surface area contributed by atoms with Gasteiger partial charge >= 0.3 is 0 Å².